The van der Waals surface area contributed by atoms with E-state index in [-0.39, 0.29) is 29.6 Å². The molecule has 0 N–H and O–H groups in total. The van der Waals surface area contributed by atoms with Crippen molar-refractivity contribution in [1.82, 2.24) is 0 Å². The Morgan fingerprint density at radius 2 is 1.75 bits per heavy atom. The molecule has 1 fully saturated rings. The molecule has 8 heavy (non-hydrogen) atoms. The molecule has 6 heteroatoms. The summed E-state index contributed by atoms with van der Waals surface area (Å²) in [6, 6.07) is 0. The van der Waals surface area contributed by atoms with E-state index in [1.165, 1.54) is 0 Å². The average Bonchev–Trinajstić information content (AvgIpc) is 1.84. The monoisotopic (exact) mass is 163 g/mol. The van der Waals surface area contributed by atoms with E-state index in [0.717, 1.165) is 0 Å². The standard InChI is InChI=1S/C2H4O3S2.Na/c3-7(6)4-1-2-5-7;/h1-2H2;. The van der Waals surface area contributed by atoms with Gasteiger partial charge in [-0.25, -0.2) is 0 Å². The maximum absolute atomic E-state index is 10.4. The van der Waals surface area contributed by atoms with Gasteiger partial charge in [0.2, 0.25) is 0 Å². The summed E-state index contributed by atoms with van der Waals surface area (Å²) in [6.45, 7) is 0.727. The summed E-state index contributed by atoms with van der Waals surface area (Å²) in [5.41, 5.74) is 0. The summed E-state index contributed by atoms with van der Waals surface area (Å²) < 4.78 is 19.3. The predicted molar refractivity (Wildman–Crippen MR) is 33.2 cm³/mol. The van der Waals surface area contributed by atoms with E-state index in [0.29, 0.717) is 13.2 Å². The van der Waals surface area contributed by atoms with Crippen LogP contribution in [-0.4, -0.2) is 47.0 Å². The molecule has 0 aromatic heterocycles. The molecule has 0 saturated carbocycles. The van der Waals surface area contributed by atoms with Gasteiger partial charge in [0.1, 0.15) is 0 Å². The summed E-state index contributed by atoms with van der Waals surface area (Å²) in [6.07, 6.45) is 0. The second-order valence-electron chi connectivity index (χ2n) is 1.05. The third-order valence-electron chi connectivity index (χ3n) is 0.539. The Morgan fingerprint density at radius 1 is 1.38 bits per heavy atom. The molecule has 0 bridgehead atoms. The maximum atomic E-state index is 10.4. The van der Waals surface area contributed by atoms with Gasteiger partial charge in [-0.1, -0.05) is 0 Å². The van der Waals surface area contributed by atoms with E-state index in [9.17, 15) is 4.21 Å². The fourth-order valence-electron chi connectivity index (χ4n) is 0.306. The molecule has 1 radical (unpaired) electrons. The molecule has 1 aliphatic heterocycles. The second-order valence-corrected chi connectivity index (χ2v) is 3.56. The molecule has 3 nitrogen and oxygen atoms in total. The van der Waals surface area contributed by atoms with Crippen LogP contribution in [0.2, 0.25) is 0 Å². The van der Waals surface area contributed by atoms with Crippen molar-refractivity contribution in [2.75, 3.05) is 13.2 Å². The van der Waals surface area contributed by atoms with Gasteiger partial charge in [0, 0.05) is 40.7 Å². The van der Waals surface area contributed by atoms with Crippen LogP contribution in [0.15, 0.2) is 0 Å². The van der Waals surface area contributed by atoms with Crippen LogP contribution in [0.1, 0.15) is 0 Å². The molecule has 0 unspecified atom stereocenters. The molecule has 0 aliphatic carbocycles. The fraction of sp³-hybridized carbons (Fsp3) is 1.00. The molecule has 0 amide bonds. The van der Waals surface area contributed by atoms with E-state index in [2.05, 4.69) is 19.6 Å². The molecule has 1 saturated heterocycles. The molecule has 1 heterocycles. The minimum atomic E-state index is -2.71. The fourth-order valence-corrected chi connectivity index (χ4v) is 1.33. The van der Waals surface area contributed by atoms with Crippen molar-refractivity contribution >= 4 is 49.8 Å². The molecule has 1 aliphatic rings. The van der Waals surface area contributed by atoms with Crippen molar-refractivity contribution < 1.29 is 12.6 Å². The van der Waals surface area contributed by atoms with Gasteiger partial charge in [-0.2, -0.15) is 4.21 Å². The molecule has 0 atom stereocenters. The number of hydrogen-bond acceptors (Lipinski definition) is 4. The molecule has 1 rings (SSSR count). The van der Waals surface area contributed by atoms with Crippen LogP contribution in [0.25, 0.3) is 0 Å². The van der Waals surface area contributed by atoms with E-state index >= 15 is 0 Å². The summed E-state index contributed by atoms with van der Waals surface area (Å²) >= 11 is 4.29. The topological polar surface area (TPSA) is 35.5 Å². The van der Waals surface area contributed by atoms with Crippen molar-refractivity contribution in [1.29, 1.82) is 0 Å². The smallest absolute Gasteiger partial charge is 0.267 e. The van der Waals surface area contributed by atoms with Gasteiger partial charge in [-0.05, 0) is 0 Å². The zero-order chi connectivity index (χ0) is 5.33. The van der Waals surface area contributed by atoms with Crippen LogP contribution < -0.4 is 0 Å². The minimum absolute atomic E-state index is 0. The largest absolute Gasteiger partial charge is 0.269 e. The third-order valence-corrected chi connectivity index (χ3v) is 2.03. The first-order valence-corrected chi connectivity index (χ1v) is 4.08. The molecule has 0 aromatic rings. The average molecular weight is 163 g/mol. The first kappa shape index (κ1) is 9.29. The van der Waals surface area contributed by atoms with Crippen molar-refractivity contribution in [2.24, 2.45) is 0 Å². The maximum Gasteiger partial charge on any atom is 0.269 e. The van der Waals surface area contributed by atoms with Crippen molar-refractivity contribution in [2.45, 2.75) is 0 Å². The second kappa shape index (κ2) is 3.46. The van der Waals surface area contributed by atoms with Crippen LogP contribution in [0.5, 0.6) is 0 Å². The van der Waals surface area contributed by atoms with Gasteiger partial charge in [0.05, 0.1) is 13.2 Å². The predicted octanol–water partition coefficient (Wildman–Crippen LogP) is -0.771. The molecular formula is C2H4NaO3S2. The Morgan fingerprint density at radius 3 is 1.88 bits per heavy atom. The van der Waals surface area contributed by atoms with Crippen LogP contribution in [0.4, 0.5) is 0 Å². The van der Waals surface area contributed by atoms with E-state index in [4.69, 9.17) is 0 Å². The number of hydrogen-bond donors (Lipinski definition) is 0. The number of rotatable bonds is 0. The first-order valence-electron chi connectivity index (χ1n) is 1.74. The van der Waals surface area contributed by atoms with Crippen molar-refractivity contribution in [3.05, 3.63) is 0 Å². The van der Waals surface area contributed by atoms with Gasteiger partial charge in [0.25, 0.3) is 9.05 Å². The molecule has 0 aromatic carbocycles. The zero-order valence-corrected chi connectivity index (χ0v) is 8.09. The summed E-state index contributed by atoms with van der Waals surface area (Å²) in [5.74, 6) is 0. The normalized spacial score (nSPS) is 24.5. The summed E-state index contributed by atoms with van der Waals surface area (Å²) in [7, 11) is -2.71. The molecule has 43 valence electrons. The third kappa shape index (κ3) is 2.72. The quantitative estimate of drug-likeness (QED) is 0.439. The van der Waals surface area contributed by atoms with Gasteiger partial charge < -0.3 is 0 Å². The van der Waals surface area contributed by atoms with Crippen molar-refractivity contribution in [3.8, 4) is 0 Å². The van der Waals surface area contributed by atoms with Gasteiger partial charge in [0.15, 0.2) is 0 Å². The van der Waals surface area contributed by atoms with Crippen molar-refractivity contribution in [3.63, 3.8) is 0 Å². The van der Waals surface area contributed by atoms with Crippen LogP contribution in [0.3, 0.4) is 0 Å². The Hall–Kier alpha value is 1.29. The zero-order valence-electron chi connectivity index (χ0n) is 4.46. The SMILES string of the molecule is O=S1(=S)OCCO1.[Na]. The Balaban J connectivity index is 0.000000490. The van der Waals surface area contributed by atoms with Crippen LogP contribution in [-0.2, 0) is 28.6 Å². The Kier molecular flexibility index (Phi) is 4.01. The summed E-state index contributed by atoms with van der Waals surface area (Å²) in [5, 5.41) is 0. The van der Waals surface area contributed by atoms with Gasteiger partial charge >= 0.3 is 0 Å². The van der Waals surface area contributed by atoms with Crippen LogP contribution in [0, 0.1) is 0 Å². The Labute approximate surface area is 75.1 Å². The van der Waals surface area contributed by atoms with E-state index in [1.54, 1.807) is 0 Å². The first-order chi connectivity index (χ1) is 3.21. The van der Waals surface area contributed by atoms with Gasteiger partial charge in [-0.15, -0.1) is 0 Å². The molecular weight excluding hydrogens is 159 g/mol. The molecule has 0 spiro atoms. The Bertz CT molecular complexity index is 139. The van der Waals surface area contributed by atoms with Crippen LogP contribution >= 0.6 is 0 Å². The van der Waals surface area contributed by atoms with E-state index < -0.39 is 9.05 Å². The van der Waals surface area contributed by atoms with E-state index in [1.807, 2.05) is 0 Å². The minimum Gasteiger partial charge on any atom is -0.267 e. The summed E-state index contributed by atoms with van der Waals surface area (Å²) in [4.78, 5) is 0. The van der Waals surface area contributed by atoms with Gasteiger partial charge in [-0.3, -0.25) is 8.37 Å².